The number of fused-ring (bicyclic) bond motifs is 1. The molecule has 1 unspecified atom stereocenters. The average molecular weight is 495 g/mol. The van der Waals surface area contributed by atoms with Crippen LogP contribution in [0, 0.1) is 17.2 Å². The molecule has 0 bridgehead atoms. The van der Waals surface area contributed by atoms with Gasteiger partial charge in [0.2, 0.25) is 0 Å². The topological polar surface area (TPSA) is 109 Å². The monoisotopic (exact) mass is 494 g/mol. The van der Waals surface area contributed by atoms with Crippen LogP contribution < -0.4 is 5.73 Å². The van der Waals surface area contributed by atoms with Crippen molar-refractivity contribution in [3.63, 3.8) is 0 Å². The number of aliphatic imine (C=N–C) groups is 1. The number of halogens is 3. The molecule has 0 spiro atoms. The number of imidazole rings is 1. The Labute approximate surface area is 206 Å². The number of hydrogen-bond acceptors (Lipinski definition) is 6. The molecule has 2 N–H and O–H groups in total. The Morgan fingerprint density at radius 1 is 1.31 bits per heavy atom. The van der Waals surface area contributed by atoms with Crippen molar-refractivity contribution in [2.45, 2.75) is 50.7 Å². The molecule has 1 fully saturated rings. The van der Waals surface area contributed by atoms with Crippen molar-refractivity contribution < 1.29 is 18.0 Å². The summed E-state index contributed by atoms with van der Waals surface area (Å²) in [6, 6.07) is 11.0. The van der Waals surface area contributed by atoms with Crippen molar-refractivity contribution in [3.05, 3.63) is 60.1 Å². The van der Waals surface area contributed by atoms with Gasteiger partial charge in [0.1, 0.15) is 5.78 Å². The third-order valence-electron chi connectivity index (χ3n) is 6.06. The van der Waals surface area contributed by atoms with Crippen LogP contribution in [0.15, 0.2) is 53.9 Å². The molecule has 3 aromatic rings. The number of carbonyl (C=O) groups is 1. The number of nitriles is 1. The summed E-state index contributed by atoms with van der Waals surface area (Å²) >= 11 is 0. The van der Waals surface area contributed by atoms with Gasteiger partial charge >= 0.3 is 6.18 Å². The fraction of sp³-hybridized carbons (Fsp3) is 0.346. The third kappa shape index (κ3) is 6.36. The zero-order chi connectivity index (χ0) is 25.7. The first-order valence-corrected chi connectivity index (χ1v) is 11.6. The molecular weight excluding hydrogens is 469 g/mol. The summed E-state index contributed by atoms with van der Waals surface area (Å²) < 4.78 is 38.8. The SMILES string of the molecule is N#CCC(N=CC(=CN)c1cnn2c(-c3cccc(CC(=O)CCC(F)(F)F)c3)cnc2c1)C1CC1. The van der Waals surface area contributed by atoms with Gasteiger partial charge in [0.05, 0.1) is 43.0 Å². The van der Waals surface area contributed by atoms with Crippen LogP contribution in [-0.2, 0) is 11.2 Å². The van der Waals surface area contributed by atoms with Crippen molar-refractivity contribution in [2.75, 3.05) is 0 Å². The van der Waals surface area contributed by atoms with E-state index in [-0.39, 0.29) is 12.5 Å². The Morgan fingerprint density at radius 2 is 2.11 bits per heavy atom. The molecular formula is C26H25F3N6O. The van der Waals surface area contributed by atoms with E-state index in [0.29, 0.717) is 34.8 Å². The lowest BCUT2D eigenvalue weighted by molar-refractivity contribution is -0.143. The van der Waals surface area contributed by atoms with Crippen LogP contribution in [0.1, 0.15) is 43.2 Å². The number of alkyl halides is 3. The first kappa shape index (κ1) is 25.1. The lowest BCUT2D eigenvalue weighted by atomic mass is 10.0. The van der Waals surface area contributed by atoms with Gasteiger partial charge in [-0.3, -0.25) is 9.79 Å². The molecule has 1 aliphatic rings. The fourth-order valence-corrected chi connectivity index (χ4v) is 3.97. The van der Waals surface area contributed by atoms with Gasteiger partial charge in [-0.05, 0) is 36.5 Å². The van der Waals surface area contributed by atoms with E-state index in [1.54, 1.807) is 41.3 Å². The van der Waals surface area contributed by atoms with Crippen LogP contribution >= 0.6 is 0 Å². The van der Waals surface area contributed by atoms with Crippen LogP contribution in [0.5, 0.6) is 0 Å². The van der Waals surface area contributed by atoms with E-state index in [1.807, 2.05) is 12.1 Å². The van der Waals surface area contributed by atoms with E-state index >= 15 is 0 Å². The normalized spacial score (nSPS) is 15.3. The van der Waals surface area contributed by atoms with Crippen LogP contribution in [-0.4, -0.2) is 38.8 Å². The quantitative estimate of drug-likeness (QED) is 0.403. The van der Waals surface area contributed by atoms with E-state index in [4.69, 9.17) is 11.0 Å². The number of nitrogens with zero attached hydrogens (tertiary/aromatic N) is 5. The molecule has 2 heterocycles. The number of aromatic nitrogens is 3. The molecule has 186 valence electrons. The minimum Gasteiger partial charge on any atom is -0.404 e. The minimum atomic E-state index is -4.35. The molecule has 1 aliphatic carbocycles. The second-order valence-corrected chi connectivity index (χ2v) is 8.86. The highest BCUT2D eigenvalue weighted by Gasteiger charge is 2.30. The number of benzene rings is 1. The van der Waals surface area contributed by atoms with Crippen LogP contribution in [0.4, 0.5) is 13.2 Å². The summed E-state index contributed by atoms with van der Waals surface area (Å²) in [6.45, 7) is 0. The highest BCUT2D eigenvalue weighted by Crippen LogP contribution is 2.36. The van der Waals surface area contributed by atoms with E-state index in [9.17, 15) is 18.0 Å². The van der Waals surface area contributed by atoms with Gasteiger partial charge in [0.25, 0.3) is 0 Å². The molecule has 1 saturated carbocycles. The Balaban J connectivity index is 1.52. The fourth-order valence-electron chi connectivity index (χ4n) is 3.97. The Hall–Kier alpha value is -4.00. The molecule has 0 saturated heterocycles. The number of nitrogens with two attached hydrogens (primary N) is 1. The molecule has 36 heavy (non-hydrogen) atoms. The predicted octanol–water partition coefficient (Wildman–Crippen LogP) is 4.91. The zero-order valence-electron chi connectivity index (χ0n) is 19.4. The lowest BCUT2D eigenvalue weighted by Crippen LogP contribution is -2.12. The molecule has 0 aliphatic heterocycles. The molecule has 4 rings (SSSR count). The van der Waals surface area contributed by atoms with Crippen LogP contribution in [0.2, 0.25) is 0 Å². The average Bonchev–Trinajstić information content (AvgIpc) is 3.61. The molecule has 2 aromatic heterocycles. The number of allylic oxidation sites excluding steroid dienone is 1. The van der Waals surface area contributed by atoms with E-state index in [1.165, 1.54) is 6.20 Å². The minimum absolute atomic E-state index is 0.0349. The second kappa shape index (κ2) is 10.7. The van der Waals surface area contributed by atoms with Gasteiger partial charge in [0, 0.05) is 42.0 Å². The number of carbonyl (C=O) groups excluding carboxylic acids is 1. The number of hydrogen-bond donors (Lipinski definition) is 1. The van der Waals surface area contributed by atoms with E-state index in [2.05, 4.69) is 21.1 Å². The standard InChI is InChI=1S/C26H25F3N6O/c27-26(28,29)8-6-22(36)11-17-2-1-3-19(10-17)24-16-33-25-12-20(15-34-35(24)25)21(13-31)14-32-23(7-9-30)18-4-5-18/h1-3,10,12-16,18,23H,4-8,11,31H2. The maximum atomic E-state index is 12.4. The summed E-state index contributed by atoms with van der Waals surface area (Å²) in [5.74, 6) is -0.0158. The predicted molar refractivity (Wildman–Crippen MR) is 130 cm³/mol. The highest BCUT2D eigenvalue weighted by molar-refractivity contribution is 6.09. The number of ketones is 1. The largest absolute Gasteiger partial charge is 0.404 e. The van der Waals surface area contributed by atoms with Crippen LogP contribution in [0.25, 0.3) is 22.5 Å². The third-order valence-corrected chi connectivity index (χ3v) is 6.06. The summed E-state index contributed by atoms with van der Waals surface area (Å²) in [5, 5.41) is 13.5. The molecule has 1 atom stereocenters. The maximum Gasteiger partial charge on any atom is 0.389 e. The highest BCUT2D eigenvalue weighted by atomic mass is 19.4. The smallest absolute Gasteiger partial charge is 0.389 e. The molecule has 0 amide bonds. The van der Waals surface area contributed by atoms with Crippen molar-refractivity contribution in [1.82, 2.24) is 14.6 Å². The van der Waals surface area contributed by atoms with Gasteiger partial charge < -0.3 is 5.73 Å². The summed E-state index contributed by atoms with van der Waals surface area (Å²) in [7, 11) is 0. The van der Waals surface area contributed by atoms with Gasteiger partial charge in [-0.25, -0.2) is 9.50 Å². The van der Waals surface area contributed by atoms with Gasteiger partial charge in [-0.2, -0.15) is 23.5 Å². The maximum absolute atomic E-state index is 12.4. The summed E-state index contributed by atoms with van der Waals surface area (Å²) in [5.41, 5.74) is 9.83. The van der Waals surface area contributed by atoms with E-state index in [0.717, 1.165) is 24.0 Å². The van der Waals surface area contributed by atoms with Gasteiger partial charge in [-0.1, -0.05) is 18.2 Å². The zero-order valence-corrected chi connectivity index (χ0v) is 19.4. The van der Waals surface area contributed by atoms with Crippen molar-refractivity contribution in [2.24, 2.45) is 16.6 Å². The van der Waals surface area contributed by atoms with E-state index < -0.39 is 24.8 Å². The summed E-state index contributed by atoms with van der Waals surface area (Å²) in [6.07, 6.45) is 2.86. The lowest BCUT2D eigenvalue weighted by Gasteiger charge is -2.08. The van der Waals surface area contributed by atoms with Gasteiger partial charge in [0.15, 0.2) is 5.65 Å². The van der Waals surface area contributed by atoms with Crippen molar-refractivity contribution in [1.29, 1.82) is 5.26 Å². The van der Waals surface area contributed by atoms with Crippen LogP contribution in [0.3, 0.4) is 0 Å². The Bertz CT molecular complexity index is 1350. The number of Topliss-reactive ketones (excluding diaryl/α,β-unsaturated/α-hetero) is 1. The summed E-state index contributed by atoms with van der Waals surface area (Å²) in [4.78, 5) is 21.0. The van der Waals surface area contributed by atoms with Crippen molar-refractivity contribution >= 4 is 23.2 Å². The number of rotatable bonds is 10. The molecule has 0 radical (unpaired) electrons. The van der Waals surface area contributed by atoms with Crippen molar-refractivity contribution in [3.8, 4) is 17.3 Å². The first-order valence-electron chi connectivity index (χ1n) is 11.6. The first-order chi connectivity index (χ1) is 17.3. The molecule has 1 aromatic carbocycles. The molecule has 10 heteroatoms. The Morgan fingerprint density at radius 3 is 2.81 bits per heavy atom. The molecule has 7 nitrogen and oxygen atoms in total. The second-order valence-electron chi connectivity index (χ2n) is 8.86. The van der Waals surface area contributed by atoms with Gasteiger partial charge in [-0.15, -0.1) is 0 Å². The Kier molecular flexibility index (Phi) is 7.48.